The van der Waals surface area contributed by atoms with Crippen molar-refractivity contribution in [2.45, 2.75) is 13.0 Å². The topological polar surface area (TPSA) is 68.5 Å². The van der Waals surface area contributed by atoms with E-state index in [4.69, 9.17) is 9.37 Å². The lowest BCUT2D eigenvalue weighted by molar-refractivity contribution is -0.136. The number of para-hydroxylation sites is 1. The van der Waals surface area contributed by atoms with Crippen LogP contribution in [0.5, 0.6) is 5.75 Å². The Kier molecular flexibility index (Phi) is 3.65. The second kappa shape index (κ2) is 5.96. The van der Waals surface area contributed by atoms with E-state index >= 15 is 0 Å². The first-order valence-electron chi connectivity index (χ1n) is 7.87. The Morgan fingerprint density at radius 3 is 2.96 bits per heavy atom. The minimum Gasteiger partial charge on any atom is -0.492 e. The minimum atomic E-state index is -0.151. The number of nitrogens with zero attached hydrogens (tertiary/aromatic N) is 3. The molecule has 4 rings (SSSR count). The molecule has 1 aromatic heterocycles. The smallest absolute Gasteiger partial charge is 0.229 e. The predicted molar refractivity (Wildman–Crippen MR) is 87.4 cm³/mol. The maximum absolute atomic E-state index is 12.7. The summed E-state index contributed by atoms with van der Waals surface area (Å²) in [5.74, 6) is 0.818. The maximum atomic E-state index is 12.7. The van der Waals surface area contributed by atoms with Crippen molar-refractivity contribution in [3.63, 3.8) is 0 Å². The summed E-state index contributed by atoms with van der Waals surface area (Å²) in [5.41, 5.74) is 3.49. The minimum absolute atomic E-state index is 0.0860. The van der Waals surface area contributed by atoms with Gasteiger partial charge in [-0.05, 0) is 46.1 Å². The zero-order valence-electron chi connectivity index (χ0n) is 13.3. The van der Waals surface area contributed by atoms with Crippen molar-refractivity contribution in [3.05, 3.63) is 53.6 Å². The highest BCUT2D eigenvalue weighted by molar-refractivity contribution is 5.80. The molecule has 0 fully saturated rings. The highest BCUT2D eigenvalue weighted by atomic mass is 16.6. The number of ether oxygens (including phenoxy) is 1. The molecule has 6 heteroatoms. The Bertz CT molecular complexity index is 890. The molecule has 3 aromatic rings. The third-order valence-electron chi connectivity index (χ3n) is 4.34. The van der Waals surface area contributed by atoms with E-state index in [0.29, 0.717) is 30.6 Å². The van der Waals surface area contributed by atoms with Crippen LogP contribution in [0, 0.1) is 5.92 Å². The van der Waals surface area contributed by atoms with Crippen molar-refractivity contribution in [2.24, 2.45) is 5.92 Å². The van der Waals surface area contributed by atoms with Crippen LogP contribution in [-0.4, -0.2) is 34.8 Å². The van der Waals surface area contributed by atoms with Gasteiger partial charge in [0.1, 0.15) is 23.4 Å². The highest BCUT2D eigenvalue weighted by Gasteiger charge is 2.28. The van der Waals surface area contributed by atoms with Crippen molar-refractivity contribution in [3.8, 4) is 5.75 Å². The van der Waals surface area contributed by atoms with Crippen molar-refractivity contribution in [1.82, 2.24) is 15.2 Å². The van der Waals surface area contributed by atoms with Crippen LogP contribution in [0.15, 0.2) is 47.1 Å². The number of fused-ring (bicyclic) bond motifs is 2. The van der Waals surface area contributed by atoms with Gasteiger partial charge < -0.3 is 9.64 Å². The van der Waals surface area contributed by atoms with E-state index in [9.17, 15) is 4.79 Å². The molecule has 122 valence electrons. The van der Waals surface area contributed by atoms with Gasteiger partial charge in [-0.1, -0.05) is 24.3 Å². The maximum Gasteiger partial charge on any atom is 0.229 e. The number of amides is 1. The van der Waals surface area contributed by atoms with Gasteiger partial charge in [-0.25, -0.2) is 4.63 Å². The zero-order valence-corrected chi connectivity index (χ0v) is 13.3. The molecule has 0 saturated carbocycles. The quantitative estimate of drug-likeness (QED) is 0.740. The van der Waals surface area contributed by atoms with E-state index < -0.39 is 0 Å². The Morgan fingerprint density at radius 2 is 2.04 bits per heavy atom. The van der Waals surface area contributed by atoms with Gasteiger partial charge in [-0.15, -0.1) is 0 Å². The number of benzene rings is 2. The van der Waals surface area contributed by atoms with Crippen LogP contribution in [-0.2, 0) is 17.8 Å². The summed E-state index contributed by atoms with van der Waals surface area (Å²) >= 11 is 0. The van der Waals surface area contributed by atoms with Crippen LogP contribution in [0.2, 0.25) is 0 Å². The molecule has 24 heavy (non-hydrogen) atoms. The molecular formula is C18H17N3O3. The molecule has 1 aliphatic rings. The summed E-state index contributed by atoms with van der Waals surface area (Å²) in [6.07, 6.45) is 0.714. The van der Waals surface area contributed by atoms with Gasteiger partial charge in [0.15, 0.2) is 0 Å². The largest absolute Gasteiger partial charge is 0.492 e. The summed E-state index contributed by atoms with van der Waals surface area (Å²) in [4.78, 5) is 14.5. The third-order valence-corrected chi connectivity index (χ3v) is 4.34. The second-order valence-electron chi connectivity index (χ2n) is 6.10. The fraction of sp³-hybridized carbons (Fsp3) is 0.278. The molecule has 2 aromatic carbocycles. The Morgan fingerprint density at radius 1 is 1.21 bits per heavy atom. The molecule has 0 saturated heterocycles. The van der Waals surface area contributed by atoms with Crippen molar-refractivity contribution >= 4 is 16.9 Å². The monoisotopic (exact) mass is 323 g/mol. The number of carbonyl (C=O) groups excluding carboxylic acids is 1. The van der Waals surface area contributed by atoms with Crippen LogP contribution in [0.4, 0.5) is 0 Å². The average molecular weight is 323 g/mol. The molecular weight excluding hydrogens is 306 g/mol. The summed E-state index contributed by atoms with van der Waals surface area (Å²) in [6, 6.07) is 13.5. The first-order valence-corrected chi connectivity index (χ1v) is 7.87. The van der Waals surface area contributed by atoms with E-state index in [-0.39, 0.29) is 11.8 Å². The molecule has 0 bridgehead atoms. The molecule has 0 unspecified atom stereocenters. The zero-order chi connectivity index (χ0) is 16.5. The first kappa shape index (κ1) is 14.7. The molecule has 1 aliphatic heterocycles. The summed E-state index contributed by atoms with van der Waals surface area (Å²) in [5, 5.41) is 7.62. The number of aromatic nitrogens is 2. The lowest BCUT2D eigenvalue weighted by atomic mass is 9.95. The van der Waals surface area contributed by atoms with Crippen molar-refractivity contribution in [2.75, 3.05) is 13.7 Å². The van der Waals surface area contributed by atoms with Crippen LogP contribution in [0.1, 0.15) is 11.1 Å². The van der Waals surface area contributed by atoms with Gasteiger partial charge in [0, 0.05) is 13.6 Å². The van der Waals surface area contributed by atoms with Gasteiger partial charge in [0.2, 0.25) is 5.91 Å². The number of hydrogen-bond acceptors (Lipinski definition) is 5. The summed E-state index contributed by atoms with van der Waals surface area (Å²) in [7, 11) is 1.81. The Hall–Kier alpha value is -2.89. The normalized spacial score (nSPS) is 16.5. The molecule has 0 aliphatic carbocycles. The van der Waals surface area contributed by atoms with E-state index in [0.717, 1.165) is 16.9 Å². The lowest BCUT2D eigenvalue weighted by Gasteiger charge is -2.28. The van der Waals surface area contributed by atoms with E-state index in [1.165, 1.54) is 0 Å². The van der Waals surface area contributed by atoms with Crippen molar-refractivity contribution < 1.29 is 14.2 Å². The number of carbonyl (C=O) groups is 1. The van der Waals surface area contributed by atoms with Gasteiger partial charge in [-0.3, -0.25) is 4.79 Å². The van der Waals surface area contributed by atoms with Gasteiger partial charge in [0.05, 0.1) is 5.92 Å². The van der Waals surface area contributed by atoms with Crippen LogP contribution >= 0.6 is 0 Å². The summed E-state index contributed by atoms with van der Waals surface area (Å²) in [6.45, 7) is 0.937. The molecule has 1 atom stereocenters. The van der Waals surface area contributed by atoms with Crippen LogP contribution < -0.4 is 4.74 Å². The van der Waals surface area contributed by atoms with Crippen molar-refractivity contribution in [1.29, 1.82) is 0 Å². The molecule has 6 nitrogen and oxygen atoms in total. The van der Waals surface area contributed by atoms with Gasteiger partial charge in [0.25, 0.3) is 0 Å². The molecule has 2 heterocycles. The highest BCUT2D eigenvalue weighted by Crippen LogP contribution is 2.27. The summed E-state index contributed by atoms with van der Waals surface area (Å²) < 4.78 is 10.4. The number of rotatable bonds is 3. The van der Waals surface area contributed by atoms with Crippen LogP contribution in [0.3, 0.4) is 0 Å². The van der Waals surface area contributed by atoms with Gasteiger partial charge >= 0.3 is 0 Å². The Balaban J connectivity index is 1.46. The molecule has 0 N–H and O–H groups in total. The number of hydrogen-bond donors (Lipinski definition) is 0. The molecule has 0 radical (unpaired) electrons. The lowest BCUT2D eigenvalue weighted by Crippen LogP contribution is -2.38. The fourth-order valence-electron chi connectivity index (χ4n) is 3.08. The van der Waals surface area contributed by atoms with E-state index in [1.807, 2.05) is 49.5 Å². The molecule has 1 amide bonds. The first-order chi connectivity index (χ1) is 11.7. The fourth-order valence-corrected chi connectivity index (χ4v) is 3.08. The van der Waals surface area contributed by atoms with Gasteiger partial charge in [-0.2, -0.15) is 0 Å². The third kappa shape index (κ3) is 2.71. The Labute approximate surface area is 139 Å². The standard InChI is InChI=1S/C18H17N3O3/c1-21(10-12-6-7-15-16(8-12)20-24-19-15)18(22)14-9-13-4-2-3-5-17(13)23-11-14/h2-8,14H,9-11H2,1H3/t14-/m0/s1. The van der Waals surface area contributed by atoms with E-state index in [2.05, 4.69) is 10.3 Å². The second-order valence-corrected chi connectivity index (χ2v) is 6.10. The molecule has 0 spiro atoms. The SMILES string of the molecule is CN(Cc1ccc2nonc2c1)C(=O)[C@@H]1COc2ccccc2C1. The van der Waals surface area contributed by atoms with E-state index in [1.54, 1.807) is 4.90 Å². The average Bonchev–Trinajstić information content (AvgIpc) is 3.08. The van der Waals surface area contributed by atoms with Crippen LogP contribution in [0.25, 0.3) is 11.0 Å². The predicted octanol–water partition coefficient (Wildman–Crippen LogP) is 2.43.